The van der Waals surface area contributed by atoms with Crippen molar-refractivity contribution in [2.45, 2.75) is 19.3 Å². The number of aromatic nitrogens is 3. The molecular formula is C13H15N5. The number of anilines is 3. The molecule has 18 heavy (non-hydrogen) atoms. The van der Waals surface area contributed by atoms with E-state index in [1.165, 1.54) is 24.0 Å². The molecule has 1 aromatic carbocycles. The van der Waals surface area contributed by atoms with Gasteiger partial charge in [-0.15, -0.1) is 0 Å². The molecule has 3 rings (SSSR count). The number of nitrogens with two attached hydrogens (primary N) is 1. The number of rotatable bonds is 1. The lowest BCUT2D eigenvalue weighted by Crippen LogP contribution is -2.21. The van der Waals surface area contributed by atoms with Crippen LogP contribution < -0.4 is 10.6 Å². The molecule has 2 heterocycles. The zero-order chi connectivity index (χ0) is 12.4. The van der Waals surface area contributed by atoms with Crippen molar-refractivity contribution in [3.8, 4) is 0 Å². The quantitative estimate of drug-likeness (QED) is 0.826. The van der Waals surface area contributed by atoms with E-state index in [-0.39, 0.29) is 5.95 Å². The number of benzene rings is 1. The van der Waals surface area contributed by atoms with Crippen LogP contribution in [0.4, 0.5) is 17.6 Å². The molecule has 0 aliphatic carbocycles. The van der Waals surface area contributed by atoms with Gasteiger partial charge >= 0.3 is 0 Å². The van der Waals surface area contributed by atoms with E-state index in [0.717, 1.165) is 19.4 Å². The Bertz CT molecular complexity index is 555. The Morgan fingerprint density at radius 3 is 2.89 bits per heavy atom. The fourth-order valence-electron chi connectivity index (χ4n) is 2.33. The lowest BCUT2D eigenvalue weighted by molar-refractivity contribution is 0.752. The number of aryl methyl sites for hydroxylation is 1. The third-order valence-corrected chi connectivity index (χ3v) is 3.18. The van der Waals surface area contributed by atoms with Gasteiger partial charge in [0.25, 0.3) is 0 Å². The van der Waals surface area contributed by atoms with Gasteiger partial charge in [-0.1, -0.05) is 18.2 Å². The number of para-hydroxylation sites is 1. The molecule has 0 radical (unpaired) electrons. The molecule has 1 aromatic heterocycles. The minimum atomic E-state index is 0.265. The molecule has 0 fully saturated rings. The summed E-state index contributed by atoms with van der Waals surface area (Å²) in [5.74, 6) is 0.901. The molecule has 0 bridgehead atoms. The summed E-state index contributed by atoms with van der Waals surface area (Å²) in [6, 6.07) is 8.39. The van der Waals surface area contributed by atoms with Crippen molar-refractivity contribution in [2.75, 3.05) is 17.2 Å². The highest BCUT2D eigenvalue weighted by Gasteiger charge is 2.18. The monoisotopic (exact) mass is 241 g/mol. The Morgan fingerprint density at radius 2 is 2.00 bits per heavy atom. The second-order valence-electron chi connectivity index (χ2n) is 4.38. The summed E-state index contributed by atoms with van der Waals surface area (Å²) >= 11 is 0. The normalized spacial score (nSPS) is 15.0. The molecule has 0 spiro atoms. The second-order valence-corrected chi connectivity index (χ2v) is 4.38. The zero-order valence-electron chi connectivity index (χ0n) is 10.1. The first-order valence-corrected chi connectivity index (χ1v) is 6.14. The Morgan fingerprint density at radius 1 is 1.11 bits per heavy atom. The molecule has 0 saturated heterocycles. The molecule has 0 saturated carbocycles. The highest BCUT2D eigenvalue weighted by atomic mass is 15.3. The van der Waals surface area contributed by atoms with Gasteiger partial charge in [-0.05, 0) is 30.9 Å². The maximum absolute atomic E-state index is 5.64. The number of nitrogens with zero attached hydrogens (tertiary/aromatic N) is 4. The number of fused-ring (bicyclic) bond motifs is 1. The molecule has 0 unspecified atom stereocenters. The van der Waals surface area contributed by atoms with Crippen LogP contribution in [-0.2, 0) is 6.42 Å². The van der Waals surface area contributed by atoms with E-state index in [9.17, 15) is 0 Å². The topological polar surface area (TPSA) is 67.9 Å². The van der Waals surface area contributed by atoms with Crippen LogP contribution in [0.15, 0.2) is 30.6 Å². The first-order chi connectivity index (χ1) is 8.84. The van der Waals surface area contributed by atoms with E-state index < -0.39 is 0 Å². The Kier molecular flexibility index (Phi) is 2.80. The van der Waals surface area contributed by atoms with Crippen molar-refractivity contribution >= 4 is 17.6 Å². The van der Waals surface area contributed by atoms with Crippen LogP contribution in [0, 0.1) is 0 Å². The molecular weight excluding hydrogens is 226 g/mol. The van der Waals surface area contributed by atoms with E-state index in [0.29, 0.717) is 5.95 Å². The Labute approximate surface area is 106 Å². The van der Waals surface area contributed by atoms with Crippen molar-refractivity contribution in [2.24, 2.45) is 0 Å². The van der Waals surface area contributed by atoms with E-state index in [1.807, 2.05) is 6.07 Å². The molecule has 92 valence electrons. The van der Waals surface area contributed by atoms with Crippen molar-refractivity contribution in [3.63, 3.8) is 0 Å². The van der Waals surface area contributed by atoms with E-state index in [4.69, 9.17) is 5.73 Å². The van der Waals surface area contributed by atoms with Gasteiger partial charge in [0, 0.05) is 12.2 Å². The van der Waals surface area contributed by atoms with Gasteiger partial charge in [-0.2, -0.15) is 4.98 Å². The van der Waals surface area contributed by atoms with Crippen LogP contribution in [0.1, 0.15) is 18.4 Å². The van der Waals surface area contributed by atoms with Crippen LogP contribution in [0.3, 0.4) is 0 Å². The average molecular weight is 241 g/mol. The van der Waals surface area contributed by atoms with E-state index in [2.05, 4.69) is 38.1 Å². The van der Waals surface area contributed by atoms with Crippen molar-refractivity contribution < 1.29 is 0 Å². The average Bonchev–Trinajstić information content (AvgIpc) is 2.61. The fraction of sp³-hybridized carbons (Fsp3) is 0.308. The van der Waals surface area contributed by atoms with Crippen molar-refractivity contribution in [1.82, 2.24) is 15.0 Å². The van der Waals surface area contributed by atoms with Crippen LogP contribution in [-0.4, -0.2) is 21.5 Å². The van der Waals surface area contributed by atoms with Gasteiger partial charge in [0.1, 0.15) is 6.33 Å². The Hall–Kier alpha value is -2.17. The maximum Gasteiger partial charge on any atom is 0.234 e. The molecule has 2 N–H and O–H groups in total. The molecule has 2 aromatic rings. The first-order valence-electron chi connectivity index (χ1n) is 6.14. The molecule has 5 heteroatoms. The van der Waals surface area contributed by atoms with E-state index in [1.54, 1.807) is 0 Å². The smallest absolute Gasteiger partial charge is 0.234 e. The summed E-state index contributed by atoms with van der Waals surface area (Å²) in [6.07, 6.45) is 4.88. The summed E-state index contributed by atoms with van der Waals surface area (Å²) < 4.78 is 0. The predicted molar refractivity (Wildman–Crippen MR) is 70.6 cm³/mol. The van der Waals surface area contributed by atoms with Gasteiger partial charge < -0.3 is 10.6 Å². The predicted octanol–water partition coefficient (Wildman–Crippen LogP) is 1.93. The van der Waals surface area contributed by atoms with Crippen molar-refractivity contribution in [3.05, 3.63) is 36.2 Å². The van der Waals surface area contributed by atoms with Gasteiger partial charge in [-0.25, -0.2) is 9.97 Å². The highest BCUT2D eigenvalue weighted by molar-refractivity contribution is 5.62. The lowest BCUT2D eigenvalue weighted by Gasteiger charge is -2.22. The molecule has 1 aliphatic heterocycles. The highest BCUT2D eigenvalue weighted by Crippen LogP contribution is 2.30. The van der Waals surface area contributed by atoms with Gasteiger partial charge in [0.15, 0.2) is 0 Å². The SMILES string of the molecule is Nc1ncnc(N2CCCCc3ccccc32)n1. The molecule has 0 atom stereocenters. The minimum absolute atomic E-state index is 0.265. The summed E-state index contributed by atoms with van der Waals surface area (Å²) in [4.78, 5) is 14.4. The maximum atomic E-state index is 5.64. The Balaban J connectivity index is 2.06. The largest absolute Gasteiger partial charge is 0.368 e. The van der Waals surface area contributed by atoms with Crippen LogP contribution in [0.5, 0.6) is 0 Å². The van der Waals surface area contributed by atoms with Gasteiger partial charge in [0.05, 0.1) is 0 Å². The molecule has 5 nitrogen and oxygen atoms in total. The zero-order valence-corrected chi connectivity index (χ0v) is 10.1. The van der Waals surface area contributed by atoms with Crippen LogP contribution in [0.25, 0.3) is 0 Å². The summed E-state index contributed by atoms with van der Waals surface area (Å²) in [5.41, 5.74) is 8.16. The summed E-state index contributed by atoms with van der Waals surface area (Å²) in [7, 11) is 0. The fourth-order valence-corrected chi connectivity index (χ4v) is 2.33. The van der Waals surface area contributed by atoms with E-state index >= 15 is 0 Å². The summed E-state index contributed by atoms with van der Waals surface area (Å²) in [6.45, 7) is 0.917. The van der Waals surface area contributed by atoms with Gasteiger partial charge in [-0.3, -0.25) is 0 Å². The standard InChI is InChI=1S/C13H15N5/c14-12-15-9-16-13(17-12)18-8-4-3-6-10-5-1-2-7-11(10)18/h1-2,5,7,9H,3-4,6,8H2,(H2,14,15,16,17). The van der Waals surface area contributed by atoms with Gasteiger partial charge in [0.2, 0.25) is 11.9 Å². The summed E-state index contributed by atoms with van der Waals surface area (Å²) in [5, 5.41) is 0. The second kappa shape index (κ2) is 4.60. The molecule has 1 aliphatic rings. The van der Waals surface area contributed by atoms with Crippen LogP contribution in [0.2, 0.25) is 0 Å². The first kappa shape index (κ1) is 11.0. The minimum Gasteiger partial charge on any atom is -0.368 e. The third kappa shape index (κ3) is 1.99. The lowest BCUT2D eigenvalue weighted by atomic mass is 10.1. The number of hydrogen-bond donors (Lipinski definition) is 1. The third-order valence-electron chi connectivity index (χ3n) is 3.18. The number of hydrogen-bond acceptors (Lipinski definition) is 5. The van der Waals surface area contributed by atoms with Crippen LogP contribution >= 0.6 is 0 Å². The number of nitrogen functional groups attached to an aromatic ring is 1. The molecule has 0 amide bonds. The van der Waals surface area contributed by atoms with Crippen molar-refractivity contribution in [1.29, 1.82) is 0 Å².